The molecule has 0 aliphatic rings. The molecule has 90 valence electrons. The molecule has 1 aromatic heterocycles. The predicted octanol–water partition coefficient (Wildman–Crippen LogP) is 1.99. The van der Waals surface area contributed by atoms with Gasteiger partial charge in [0, 0.05) is 24.7 Å². The summed E-state index contributed by atoms with van der Waals surface area (Å²) in [6.07, 6.45) is 0.672. The van der Waals surface area contributed by atoms with Crippen molar-refractivity contribution < 1.29 is 9.13 Å². The van der Waals surface area contributed by atoms with E-state index in [1.165, 1.54) is 12.1 Å². The number of halogens is 1. The van der Waals surface area contributed by atoms with Gasteiger partial charge in [-0.2, -0.15) is 5.10 Å². The Kier molecular flexibility index (Phi) is 3.39. The first-order chi connectivity index (χ1) is 8.22. The lowest BCUT2D eigenvalue weighted by molar-refractivity contribution is 0.202. The normalized spacial score (nSPS) is 10.7. The summed E-state index contributed by atoms with van der Waals surface area (Å²) in [5.41, 5.74) is 8.36. The summed E-state index contributed by atoms with van der Waals surface area (Å²) in [5, 5.41) is 6.84. The summed E-state index contributed by atoms with van der Waals surface area (Å²) >= 11 is 0. The Morgan fingerprint density at radius 1 is 1.35 bits per heavy atom. The van der Waals surface area contributed by atoms with E-state index in [9.17, 15) is 4.39 Å². The van der Waals surface area contributed by atoms with Gasteiger partial charge in [0.25, 0.3) is 0 Å². The van der Waals surface area contributed by atoms with Crippen LogP contribution in [0.15, 0.2) is 24.3 Å². The summed E-state index contributed by atoms with van der Waals surface area (Å²) in [6, 6.07) is 6.20. The Morgan fingerprint density at radius 2 is 2.06 bits per heavy atom. The van der Waals surface area contributed by atoms with Crippen molar-refractivity contribution in [2.75, 3.05) is 19.5 Å². The molecule has 1 aromatic carbocycles. The van der Waals surface area contributed by atoms with E-state index in [0.29, 0.717) is 18.8 Å². The maximum atomic E-state index is 12.8. The lowest BCUT2D eigenvalue weighted by atomic mass is 10.1. The number of benzene rings is 1. The van der Waals surface area contributed by atoms with Crippen molar-refractivity contribution in [1.29, 1.82) is 0 Å². The average molecular weight is 235 g/mol. The summed E-state index contributed by atoms with van der Waals surface area (Å²) < 4.78 is 17.9. The zero-order valence-corrected chi connectivity index (χ0v) is 9.53. The van der Waals surface area contributed by atoms with E-state index in [-0.39, 0.29) is 5.82 Å². The number of methoxy groups -OCH3 is 1. The summed E-state index contributed by atoms with van der Waals surface area (Å²) in [6.45, 7) is 0.567. The minimum Gasteiger partial charge on any atom is -0.384 e. The van der Waals surface area contributed by atoms with Crippen molar-refractivity contribution in [2.45, 2.75) is 6.42 Å². The maximum Gasteiger partial charge on any atom is 0.149 e. The van der Waals surface area contributed by atoms with Gasteiger partial charge in [0.05, 0.1) is 12.3 Å². The van der Waals surface area contributed by atoms with Gasteiger partial charge in [-0.1, -0.05) is 0 Å². The molecule has 0 saturated heterocycles. The molecule has 0 amide bonds. The van der Waals surface area contributed by atoms with E-state index in [1.54, 1.807) is 19.2 Å². The number of ether oxygens (including phenoxy) is 1. The van der Waals surface area contributed by atoms with Crippen LogP contribution < -0.4 is 5.73 Å². The highest BCUT2D eigenvalue weighted by atomic mass is 19.1. The van der Waals surface area contributed by atoms with Crippen LogP contribution in [0.4, 0.5) is 10.2 Å². The number of anilines is 1. The number of aromatic nitrogens is 2. The van der Waals surface area contributed by atoms with Gasteiger partial charge in [-0.25, -0.2) is 4.39 Å². The van der Waals surface area contributed by atoms with E-state index in [1.807, 2.05) is 0 Å². The number of nitrogens with two attached hydrogens (primary N) is 1. The zero-order chi connectivity index (χ0) is 12.3. The fourth-order valence-corrected chi connectivity index (χ4v) is 1.69. The molecule has 2 aromatic rings. The highest BCUT2D eigenvalue weighted by Crippen LogP contribution is 2.25. The molecular weight excluding hydrogens is 221 g/mol. The average Bonchev–Trinajstić information content (AvgIpc) is 2.69. The smallest absolute Gasteiger partial charge is 0.149 e. The molecule has 0 saturated carbocycles. The first-order valence-corrected chi connectivity index (χ1v) is 5.30. The van der Waals surface area contributed by atoms with E-state index in [4.69, 9.17) is 10.5 Å². The zero-order valence-electron chi connectivity index (χ0n) is 9.53. The molecule has 0 spiro atoms. The predicted molar refractivity (Wildman–Crippen MR) is 64.0 cm³/mol. The molecule has 0 fully saturated rings. The van der Waals surface area contributed by atoms with Crippen molar-refractivity contribution in [2.24, 2.45) is 0 Å². The van der Waals surface area contributed by atoms with Crippen molar-refractivity contribution in [1.82, 2.24) is 10.2 Å². The summed E-state index contributed by atoms with van der Waals surface area (Å²) in [7, 11) is 1.63. The van der Waals surface area contributed by atoms with Gasteiger partial charge in [0.2, 0.25) is 0 Å². The molecular formula is C12H14FN3O. The number of nitrogens with zero attached hydrogens (tertiary/aromatic N) is 1. The number of nitrogen functional groups attached to an aromatic ring is 1. The Morgan fingerprint density at radius 3 is 2.71 bits per heavy atom. The van der Waals surface area contributed by atoms with E-state index in [2.05, 4.69) is 10.2 Å². The van der Waals surface area contributed by atoms with Crippen molar-refractivity contribution in [3.05, 3.63) is 35.6 Å². The molecule has 0 bridgehead atoms. The maximum absolute atomic E-state index is 12.8. The number of rotatable bonds is 4. The van der Waals surface area contributed by atoms with E-state index < -0.39 is 0 Å². The third-order valence-corrected chi connectivity index (χ3v) is 2.59. The van der Waals surface area contributed by atoms with Crippen LogP contribution in [0.5, 0.6) is 0 Å². The number of nitrogens with one attached hydrogen (secondary N) is 1. The highest BCUT2D eigenvalue weighted by molar-refractivity contribution is 5.67. The van der Waals surface area contributed by atoms with E-state index >= 15 is 0 Å². The molecule has 0 atom stereocenters. The van der Waals surface area contributed by atoms with Gasteiger partial charge >= 0.3 is 0 Å². The van der Waals surface area contributed by atoms with E-state index in [0.717, 1.165) is 16.8 Å². The highest BCUT2D eigenvalue weighted by Gasteiger charge is 2.12. The van der Waals surface area contributed by atoms with Gasteiger partial charge in [0.1, 0.15) is 11.6 Å². The molecule has 17 heavy (non-hydrogen) atoms. The Labute approximate surface area is 98.6 Å². The number of aromatic amines is 1. The monoisotopic (exact) mass is 235 g/mol. The van der Waals surface area contributed by atoms with Gasteiger partial charge < -0.3 is 10.5 Å². The van der Waals surface area contributed by atoms with Gasteiger partial charge in [-0.05, 0) is 24.3 Å². The number of hydrogen-bond acceptors (Lipinski definition) is 3. The fourth-order valence-electron chi connectivity index (χ4n) is 1.69. The first kappa shape index (κ1) is 11.6. The third-order valence-electron chi connectivity index (χ3n) is 2.59. The van der Waals surface area contributed by atoms with Gasteiger partial charge in [-0.3, -0.25) is 5.10 Å². The Bertz CT molecular complexity index is 493. The molecule has 1 heterocycles. The number of hydrogen-bond donors (Lipinski definition) is 2. The SMILES string of the molecule is COCCc1c(N)n[nH]c1-c1ccc(F)cc1. The number of H-pyrrole nitrogens is 1. The molecule has 2 rings (SSSR count). The lowest BCUT2D eigenvalue weighted by Crippen LogP contribution is -1.99. The van der Waals surface area contributed by atoms with Crippen molar-refractivity contribution >= 4 is 5.82 Å². The Balaban J connectivity index is 2.34. The van der Waals surface area contributed by atoms with Crippen LogP contribution in [0.25, 0.3) is 11.3 Å². The lowest BCUT2D eigenvalue weighted by Gasteiger charge is -2.03. The third kappa shape index (κ3) is 2.45. The van der Waals surface area contributed by atoms with Crippen LogP contribution in [0.2, 0.25) is 0 Å². The molecule has 4 nitrogen and oxygen atoms in total. The van der Waals surface area contributed by atoms with Crippen LogP contribution in [0.3, 0.4) is 0 Å². The van der Waals surface area contributed by atoms with Crippen LogP contribution in [0.1, 0.15) is 5.56 Å². The summed E-state index contributed by atoms with van der Waals surface area (Å²) in [4.78, 5) is 0. The standard InChI is InChI=1S/C12H14FN3O/c1-17-7-6-10-11(15-16-12(10)14)8-2-4-9(13)5-3-8/h2-5H,6-7H2,1H3,(H3,14,15,16). The largest absolute Gasteiger partial charge is 0.384 e. The second-order valence-corrected chi connectivity index (χ2v) is 3.71. The van der Waals surface area contributed by atoms with Crippen molar-refractivity contribution in [3.63, 3.8) is 0 Å². The topological polar surface area (TPSA) is 63.9 Å². The first-order valence-electron chi connectivity index (χ1n) is 5.30. The molecule has 3 N–H and O–H groups in total. The van der Waals surface area contributed by atoms with Crippen molar-refractivity contribution in [3.8, 4) is 11.3 Å². The molecule has 0 aliphatic carbocycles. The summed E-state index contributed by atoms with van der Waals surface area (Å²) in [5.74, 6) is 0.195. The quantitative estimate of drug-likeness (QED) is 0.851. The van der Waals surface area contributed by atoms with Crippen LogP contribution in [0, 0.1) is 5.82 Å². The Hall–Kier alpha value is -1.88. The molecule has 5 heteroatoms. The van der Waals surface area contributed by atoms with Crippen LogP contribution in [-0.4, -0.2) is 23.9 Å². The second kappa shape index (κ2) is 4.97. The minimum absolute atomic E-state index is 0.264. The van der Waals surface area contributed by atoms with Gasteiger partial charge in [0.15, 0.2) is 0 Å². The van der Waals surface area contributed by atoms with Crippen LogP contribution >= 0.6 is 0 Å². The fraction of sp³-hybridized carbons (Fsp3) is 0.250. The minimum atomic E-state index is -0.264. The van der Waals surface area contributed by atoms with Crippen LogP contribution in [-0.2, 0) is 11.2 Å². The molecule has 0 unspecified atom stereocenters. The second-order valence-electron chi connectivity index (χ2n) is 3.71. The molecule has 0 radical (unpaired) electrons. The van der Waals surface area contributed by atoms with Gasteiger partial charge in [-0.15, -0.1) is 0 Å². The molecule has 0 aliphatic heterocycles.